The van der Waals surface area contributed by atoms with E-state index in [1.807, 2.05) is 19.1 Å². The minimum absolute atomic E-state index is 0.0250. The van der Waals surface area contributed by atoms with Crippen LogP contribution in [0.5, 0.6) is 11.5 Å². The number of benzene rings is 3. The third-order valence-corrected chi connectivity index (χ3v) is 4.34. The number of ether oxygens (including phenoxy) is 1. The van der Waals surface area contributed by atoms with Crippen LogP contribution < -0.4 is 15.4 Å². The van der Waals surface area contributed by atoms with E-state index in [0.29, 0.717) is 0 Å². The van der Waals surface area contributed by atoms with Crippen molar-refractivity contribution in [2.75, 3.05) is 4.90 Å². The number of hydrogen-bond acceptors (Lipinski definition) is 3. The molecule has 1 aliphatic rings. The van der Waals surface area contributed by atoms with Crippen molar-refractivity contribution in [2.45, 2.75) is 19.9 Å². The van der Waals surface area contributed by atoms with Gasteiger partial charge in [0.1, 0.15) is 0 Å². The molecule has 0 saturated carbocycles. The van der Waals surface area contributed by atoms with Crippen LogP contribution in [0.2, 0.25) is 0 Å². The molecule has 1 aliphatic heterocycles. The highest BCUT2D eigenvalue weighted by molar-refractivity contribution is 5.86. The summed E-state index contributed by atoms with van der Waals surface area (Å²) in [5, 5.41) is 0. The van der Waals surface area contributed by atoms with Gasteiger partial charge in [0.2, 0.25) is 0 Å². The Bertz CT molecular complexity index is 888. The Morgan fingerprint density at radius 1 is 0.875 bits per heavy atom. The Balaban J connectivity index is 1.93. The van der Waals surface area contributed by atoms with Gasteiger partial charge < -0.3 is 15.4 Å². The Hall–Kier alpha value is -2.78. The Kier molecular flexibility index (Phi) is 3.51. The van der Waals surface area contributed by atoms with Crippen LogP contribution in [0.3, 0.4) is 0 Å². The van der Waals surface area contributed by atoms with Gasteiger partial charge in [0.15, 0.2) is 11.5 Å². The van der Waals surface area contributed by atoms with Crippen LogP contribution in [0.15, 0.2) is 66.7 Å². The van der Waals surface area contributed by atoms with E-state index in [-0.39, 0.29) is 6.04 Å². The van der Waals surface area contributed by atoms with E-state index in [4.69, 9.17) is 10.5 Å². The molecule has 2 N–H and O–H groups in total. The first-order valence-electron chi connectivity index (χ1n) is 8.17. The summed E-state index contributed by atoms with van der Waals surface area (Å²) >= 11 is 0. The first kappa shape index (κ1) is 14.8. The molecule has 0 aliphatic carbocycles. The van der Waals surface area contributed by atoms with E-state index in [2.05, 4.69) is 66.4 Å². The van der Waals surface area contributed by atoms with Gasteiger partial charge in [-0.05, 0) is 61.4 Å². The van der Waals surface area contributed by atoms with Crippen LogP contribution in [-0.2, 0) is 0 Å². The summed E-state index contributed by atoms with van der Waals surface area (Å²) in [6.07, 6.45) is 0. The van der Waals surface area contributed by atoms with Crippen molar-refractivity contribution in [1.82, 2.24) is 0 Å². The highest BCUT2D eigenvalue weighted by Crippen LogP contribution is 2.50. The van der Waals surface area contributed by atoms with Crippen LogP contribution in [-0.4, -0.2) is 0 Å². The average Bonchev–Trinajstić information content (AvgIpc) is 2.59. The summed E-state index contributed by atoms with van der Waals surface area (Å²) in [4.78, 5) is 2.23. The molecule has 120 valence electrons. The summed E-state index contributed by atoms with van der Waals surface area (Å²) < 4.78 is 6.20. The van der Waals surface area contributed by atoms with Gasteiger partial charge in [-0.25, -0.2) is 0 Å². The maximum atomic E-state index is 6.20. The number of nitrogens with zero attached hydrogens (tertiary/aromatic N) is 1. The smallest absolute Gasteiger partial charge is 0.151 e. The quantitative estimate of drug-likeness (QED) is 0.524. The van der Waals surface area contributed by atoms with Crippen LogP contribution in [0.1, 0.15) is 24.1 Å². The van der Waals surface area contributed by atoms with Crippen molar-refractivity contribution < 1.29 is 4.74 Å². The van der Waals surface area contributed by atoms with E-state index in [9.17, 15) is 0 Å². The molecular formula is C21H20N2O. The zero-order chi connectivity index (χ0) is 16.7. The van der Waals surface area contributed by atoms with Crippen molar-refractivity contribution >= 4 is 17.1 Å². The summed E-state index contributed by atoms with van der Waals surface area (Å²) in [5.41, 5.74) is 11.5. The molecule has 0 bridgehead atoms. The lowest BCUT2D eigenvalue weighted by Crippen LogP contribution is -2.16. The van der Waals surface area contributed by atoms with Crippen molar-refractivity contribution in [3.63, 3.8) is 0 Å². The van der Waals surface area contributed by atoms with Crippen molar-refractivity contribution in [2.24, 2.45) is 5.73 Å². The summed E-state index contributed by atoms with van der Waals surface area (Å²) in [6, 6.07) is 22.8. The SMILES string of the molecule is Cc1ccc2c(c1)Oc1cc(C(C)N)ccc1N2c1ccccc1. The van der Waals surface area contributed by atoms with E-state index in [1.165, 1.54) is 5.56 Å². The van der Waals surface area contributed by atoms with Crippen LogP contribution in [0.4, 0.5) is 17.1 Å². The van der Waals surface area contributed by atoms with Gasteiger partial charge in [-0.2, -0.15) is 0 Å². The van der Waals surface area contributed by atoms with Crippen LogP contribution in [0.25, 0.3) is 0 Å². The van der Waals surface area contributed by atoms with Crippen LogP contribution in [0, 0.1) is 6.92 Å². The monoisotopic (exact) mass is 316 g/mol. The van der Waals surface area contributed by atoms with E-state index in [0.717, 1.165) is 34.1 Å². The molecule has 0 spiro atoms. The number of hydrogen-bond donors (Lipinski definition) is 1. The fourth-order valence-corrected chi connectivity index (χ4v) is 3.07. The Morgan fingerprint density at radius 2 is 1.54 bits per heavy atom. The number of para-hydroxylation sites is 1. The van der Waals surface area contributed by atoms with Crippen molar-refractivity contribution in [1.29, 1.82) is 0 Å². The number of nitrogens with two attached hydrogens (primary N) is 1. The molecule has 1 atom stereocenters. The van der Waals surface area contributed by atoms with E-state index < -0.39 is 0 Å². The zero-order valence-electron chi connectivity index (χ0n) is 13.9. The fourth-order valence-electron chi connectivity index (χ4n) is 3.07. The fraction of sp³-hybridized carbons (Fsp3) is 0.143. The van der Waals surface area contributed by atoms with Gasteiger partial charge in [-0.15, -0.1) is 0 Å². The predicted octanol–water partition coefficient (Wildman–Crippen LogP) is 5.59. The second-order valence-corrected chi connectivity index (χ2v) is 6.26. The third-order valence-electron chi connectivity index (χ3n) is 4.34. The summed E-state index contributed by atoms with van der Waals surface area (Å²) in [5.74, 6) is 1.71. The standard InChI is InChI=1S/C21H20N2O/c1-14-8-10-18-20(12-14)24-21-13-16(15(2)22)9-11-19(21)23(18)17-6-4-3-5-7-17/h3-13,15H,22H2,1-2H3. The lowest BCUT2D eigenvalue weighted by atomic mass is 10.0. The van der Waals surface area contributed by atoms with E-state index >= 15 is 0 Å². The molecule has 3 heteroatoms. The molecule has 3 nitrogen and oxygen atoms in total. The van der Waals surface area contributed by atoms with Crippen molar-refractivity contribution in [3.8, 4) is 11.5 Å². The number of anilines is 3. The highest BCUT2D eigenvalue weighted by Gasteiger charge is 2.26. The average molecular weight is 316 g/mol. The minimum Gasteiger partial charge on any atom is -0.453 e. The third kappa shape index (κ3) is 2.43. The second kappa shape index (κ2) is 5.69. The van der Waals surface area contributed by atoms with Gasteiger partial charge in [0.05, 0.1) is 11.4 Å². The van der Waals surface area contributed by atoms with Gasteiger partial charge in [-0.1, -0.05) is 30.3 Å². The molecular weight excluding hydrogens is 296 g/mol. The van der Waals surface area contributed by atoms with Gasteiger partial charge in [-0.3, -0.25) is 0 Å². The molecule has 0 fully saturated rings. The van der Waals surface area contributed by atoms with Crippen LogP contribution >= 0.6 is 0 Å². The Morgan fingerprint density at radius 3 is 2.25 bits per heavy atom. The molecule has 24 heavy (non-hydrogen) atoms. The molecule has 1 unspecified atom stereocenters. The maximum absolute atomic E-state index is 6.20. The number of rotatable bonds is 2. The normalized spacial score (nSPS) is 13.7. The summed E-state index contributed by atoms with van der Waals surface area (Å²) in [7, 11) is 0. The van der Waals surface area contributed by atoms with Gasteiger partial charge >= 0.3 is 0 Å². The topological polar surface area (TPSA) is 38.5 Å². The minimum atomic E-state index is -0.0250. The first-order chi connectivity index (χ1) is 11.6. The second-order valence-electron chi connectivity index (χ2n) is 6.26. The molecule has 3 aromatic carbocycles. The Labute approximate surface area is 142 Å². The van der Waals surface area contributed by atoms with Gasteiger partial charge in [0.25, 0.3) is 0 Å². The number of aryl methyl sites for hydroxylation is 1. The summed E-state index contributed by atoms with van der Waals surface area (Å²) in [6.45, 7) is 4.06. The lowest BCUT2D eigenvalue weighted by molar-refractivity contribution is 0.475. The lowest BCUT2D eigenvalue weighted by Gasteiger charge is -2.33. The number of fused-ring (bicyclic) bond motifs is 2. The molecule has 0 radical (unpaired) electrons. The molecule has 4 rings (SSSR count). The highest BCUT2D eigenvalue weighted by atomic mass is 16.5. The van der Waals surface area contributed by atoms with E-state index in [1.54, 1.807) is 0 Å². The molecule has 0 aromatic heterocycles. The first-order valence-corrected chi connectivity index (χ1v) is 8.17. The van der Waals surface area contributed by atoms with Gasteiger partial charge in [0, 0.05) is 11.7 Å². The largest absolute Gasteiger partial charge is 0.453 e. The zero-order valence-corrected chi connectivity index (χ0v) is 13.9. The van der Waals surface area contributed by atoms with Crippen molar-refractivity contribution in [3.05, 3.63) is 77.9 Å². The molecule has 1 heterocycles. The maximum Gasteiger partial charge on any atom is 0.151 e. The predicted molar refractivity (Wildman–Crippen MR) is 98.5 cm³/mol. The molecule has 3 aromatic rings. The molecule has 0 saturated heterocycles. The molecule has 0 amide bonds.